The lowest BCUT2D eigenvalue weighted by atomic mass is 9.97. The summed E-state index contributed by atoms with van der Waals surface area (Å²) < 4.78 is 0. The van der Waals surface area contributed by atoms with Gasteiger partial charge in [-0.25, -0.2) is 0 Å². The van der Waals surface area contributed by atoms with Crippen LogP contribution in [0.1, 0.15) is 40.5 Å². The first-order valence-electron chi connectivity index (χ1n) is 5.35. The van der Waals surface area contributed by atoms with Crippen molar-refractivity contribution in [1.82, 2.24) is 5.32 Å². The number of hydrogen-bond acceptors (Lipinski definition) is 1. The first kappa shape index (κ1) is 13.8. The highest BCUT2D eigenvalue weighted by atomic mass is 35.5. The number of amides is 1. The van der Waals surface area contributed by atoms with Crippen LogP contribution >= 0.6 is 11.6 Å². The van der Waals surface area contributed by atoms with Crippen LogP contribution in [-0.4, -0.2) is 17.8 Å². The number of carbonyl (C=O) groups excluding carboxylic acids is 1. The minimum atomic E-state index is 0.0912. The third-order valence-corrected chi connectivity index (χ3v) is 2.84. The van der Waals surface area contributed by atoms with Crippen molar-refractivity contribution in [2.75, 3.05) is 5.88 Å². The number of alkyl halides is 1. The molecule has 0 saturated carbocycles. The van der Waals surface area contributed by atoms with Crippen LogP contribution in [-0.2, 0) is 4.79 Å². The smallest absolute Gasteiger partial charge is 0.223 e. The summed E-state index contributed by atoms with van der Waals surface area (Å²) in [6.07, 6.45) is 1.92. The first-order valence-corrected chi connectivity index (χ1v) is 5.88. The predicted octanol–water partition coefficient (Wildman–Crippen LogP) is 2.80. The summed E-state index contributed by atoms with van der Waals surface area (Å²) in [5.74, 6) is 1.31. The standard InChI is InChI=1S/C11H22ClNO/c1-8(2)10(4)11(14)13-9(3)6-5-7-12/h8-10H,5-7H2,1-4H3,(H,13,14). The van der Waals surface area contributed by atoms with Gasteiger partial charge in [0.2, 0.25) is 5.91 Å². The van der Waals surface area contributed by atoms with E-state index in [0.717, 1.165) is 12.8 Å². The molecule has 0 aliphatic carbocycles. The van der Waals surface area contributed by atoms with Gasteiger partial charge < -0.3 is 5.32 Å². The maximum Gasteiger partial charge on any atom is 0.223 e. The number of rotatable bonds is 6. The van der Waals surface area contributed by atoms with E-state index in [4.69, 9.17) is 11.6 Å². The maximum atomic E-state index is 11.6. The quantitative estimate of drug-likeness (QED) is 0.684. The van der Waals surface area contributed by atoms with E-state index in [1.807, 2.05) is 13.8 Å². The number of carbonyl (C=O) groups is 1. The highest BCUT2D eigenvalue weighted by Gasteiger charge is 2.17. The Hall–Kier alpha value is -0.240. The van der Waals surface area contributed by atoms with Crippen molar-refractivity contribution in [1.29, 1.82) is 0 Å². The molecule has 0 spiro atoms. The molecule has 0 aromatic heterocycles. The van der Waals surface area contributed by atoms with Gasteiger partial charge in [-0.3, -0.25) is 4.79 Å². The van der Waals surface area contributed by atoms with Crippen LogP contribution in [0.4, 0.5) is 0 Å². The Balaban J connectivity index is 3.81. The maximum absolute atomic E-state index is 11.6. The van der Waals surface area contributed by atoms with Gasteiger partial charge in [-0.05, 0) is 25.7 Å². The average Bonchev–Trinajstić information content (AvgIpc) is 2.13. The second-order valence-electron chi connectivity index (χ2n) is 4.27. The van der Waals surface area contributed by atoms with Crippen molar-refractivity contribution in [2.24, 2.45) is 11.8 Å². The second-order valence-corrected chi connectivity index (χ2v) is 4.65. The molecule has 84 valence electrons. The first-order chi connectivity index (χ1) is 6.49. The summed E-state index contributed by atoms with van der Waals surface area (Å²) in [6.45, 7) is 8.12. The van der Waals surface area contributed by atoms with Crippen LogP contribution < -0.4 is 5.32 Å². The molecule has 0 aromatic carbocycles. The van der Waals surface area contributed by atoms with E-state index in [9.17, 15) is 4.79 Å². The zero-order valence-corrected chi connectivity index (χ0v) is 10.4. The van der Waals surface area contributed by atoms with Crippen molar-refractivity contribution in [3.8, 4) is 0 Å². The van der Waals surface area contributed by atoms with Gasteiger partial charge in [-0.15, -0.1) is 11.6 Å². The highest BCUT2D eigenvalue weighted by Crippen LogP contribution is 2.10. The minimum absolute atomic E-state index is 0.0912. The Morgan fingerprint density at radius 3 is 2.29 bits per heavy atom. The van der Waals surface area contributed by atoms with E-state index in [2.05, 4.69) is 19.2 Å². The van der Waals surface area contributed by atoms with E-state index in [1.54, 1.807) is 0 Å². The average molecular weight is 220 g/mol. The van der Waals surface area contributed by atoms with Crippen molar-refractivity contribution in [3.63, 3.8) is 0 Å². The number of nitrogens with one attached hydrogen (secondary N) is 1. The normalized spacial score (nSPS) is 15.3. The Morgan fingerprint density at radius 1 is 1.29 bits per heavy atom. The molecule has 0 aliphatic rings. The van der Waals surface area contributed by atoms with E-state index in [-0.39, 0.29) is 17.9 Å². The molecule has 1 N–H and O–H groups in total. The van der Waals surface area contributed by atoms with Crippen molar-refractivity contribution in [2.45, 2.75) is 46.6 Å². The van der Waals surface area contributed by atoms with Crippen LogP contribution in [0.15, 0.2) is 0 Å². The van der Waals surface area contributed by atoms with Crippen LogP contribution in [0.3, 0.4) is 0 Å². The SMILES string of the molecule is CC(CCCCl)NC(=O)C(C)C(C)C. The monoisotopic (exact) mass is 219 g/mol. The van der Waals surface area contributed by atoms with Gasteiger partial charge in [0, 0.05) is 17.8 Å². The van der Waals surface area contributed by atoms with Crippen LogP contribution in [0, 0.1) is 11.8 Å². The summed E-state index contributed by atoms with van der Waals surface area (Å²) in [5.41, 5.74) is 0. The molecule has 0 rings (SSSR count). The fourth-order valence-electron chi connectivity index (χ4n) is 1.13. The molecule has 3 heteroatoms. The van der Waals surface area contributed by atoms with Crippen molar-refractivity contribution in [3.05, 3.63) is 0 Å². The summed E-state index contributed by atoms with van der Waals surface area (Å²) >= 11 is 5.58. The largest absolute Gasteiger partial charge is 0.353 e. The summed E-state index contributed by atoms with van der Waals surface area (Å²) in [6, 6.07) is 0.238. The Morgan fingerprint density at radius 2 is 1.86 bits per heavy atom. The summed E-state index contributed by atoms with van der Waals surface area (Å²) in [5, 5.41) is 3.00. The molecule has 0 aromatic rings. The van der Waals surface area contributed by atoms with Crippen LogP contribution in [0.2, 0.25) is 0 Å². The topological polar surface area (TPSA) is 29.1 Å². The lowest BCUT2D eigenvalue weighted by molar-refractivity contribution is -0.126. The molecule has 2 unspecified atom stereocenters. The molecular formula is C11H22ClNO. The fraction of sp³-hybridized carbons (Fsp3) is 0.909. The van der Waals surface area contributed by atoms with Gasteiger partial charge in [0.15, 0.2) is 0 Å². The molecule has 0 heterocycles. The van der Waals surface area contributed by atoms with Crippen molar-refractivity contribution < 1.29 is 4.79 Å². The molecular weight excluding hydrogens is 198 g/mol. The molecule has 0 radical (unpaired) electrons. The van der Waals surface area contributed by atoms with E-state index < -0.39 is 0 Å². The molecule has 2 atom stereocenters. The zero-order chi connectivity index (χ0) is 11.1. The van der Waals surface area contributed by atoms with Gasteiger partial charge in [0.25, 0.3) is 0 Å². The van der Waals surface area contributed by atoms with Gasteiger partial charge in [0.05, 0.1) is 0 Å². The zero-order valence-electron chi connectivity index (χ0n) is 9.64. The second kappa shape index (κ2) is 7.10. The molecule has 0 aliphatic heterocycles. The lowest BCUT2D eigenvalue weighted by Gasteiger charge is -2.19. The van der Waals surface area contributed by atoms with Gasteiger partial charge in [-0.1, -0.05) is 20.8 Å². The number of hydrogen-bond donors (Lipinski definition) is 1. The number of halogens is 1. The fourth-order valence-corrected chi connectivity index (χ4v) is 1.29. The molecule has 0 bridgehead atoms. The molecule has 1 amide bonds. The van der Waals surface area contributed by atoms with E-state index in [0.29, 0.717) is 11.8 Å². The highest BCUT2D eigenvalue weighted by molar-refractivity contribution is 6.17. The Kier molecular flexibility index (Phi) is 6.98. The van der Waals surface area contributed by atoms with E-state index >= 15 is 0 Å². The van der Waals surface area contributed by atoms with E-state index in [1.165, 1.54) is 0 Å². The molecule has 0 saturated heterocycles. The lowest BCUT2D eigenvalue weighted by Crippen LogP contribution is -2.38. The summed E-state index contributed by atoms with van der Waals surface area (Å²) in [7, 11) is 0. The van der Waals surface area contributed by atoms with Crippen LogP contribution in [0.5, 0.6) is 0 Å². The minimum Gasteiger partial charge on any atom is -0.353 e. The summed E-state index contributed by atoms with van der Waals surface area (Å²) in [4.78, 5) is 11.6. The molecule has 14 heavy (non-hydrogen) atoms. The van der Waals surface area contributed by atoms with Crippen molar-refractivity contribution >= 4 is 17.5 Å². The van der Waals surface area contributed by atoms with Gasteiger partial charge >= 0.3 is 0 Å². The third kappa shape index (κ3) is 5.48. The van der Waals surface area contributed by atoms with Gasteiger partial charge in [-0.2, -0.15) is 0 Å². The molecule has 0 fully saturated rings. The third-order valence-electron chi connectivity index (χ3n) is 2.57. The van der Waals surface area contributed by atoms with Crippen LogP contribution in [0.25, 0.3) is 0 Å². The Bertz CT molecular complexity index is 171. The predicted molar refractivity (Wildman–Crippen MR) is 61.6 cm³/mol. The Labute approximate surface area is 92.4 Å². The van der Waals surface area contributed by atoms with Gasteiger partial charge in [0.1, 0.15) is 0 Å². The molecule has 2 nitrogen and oxygen atoms in total.